The van der Waals surface area contributed by atoms with Crippen molar-refractivity contribution in [3.8, 4) is 33.8 Å². The summed E-state index contributed by atoms with van der Waals surface area (Å²) in [5, 5.41) is 31.3. The van der Waals surface area contributed by atoms with E-state index < -0.39 is 33.7 Å². The van der Waals surface area contributed by atoms with Gasteiger partial charge in [-0.3, -0.25) is 10.1 Å². The Morgan fingerprint density at radius 1 is 0.840 bits per heavy atom. The van der Waals surface area contributed by atoms with Gasteiger partial charge in [-0.1, -0.05) is 24.3 Å². The van der Waals surface area contributed by atoms with Gasteiger partial charge in [-0.05, 0) is 41.5 Å². The predicted molar refractivity (Wildman–Crippen MR) is 87.2 cm³/mol. The quantitative estimate of drug-likeness (QED) is 0.413. The zero-order valence-electron chi connectivity index (χ0n) is 12.6. The van der Waals surface area contributed by atoms with Gasteiger partial charge in [0.15, 0.2) is 5.75 Å². The number of benzene rings is 3. The van der Waals surface area contributed by atoms with Crippen LogP contribution in [0.5, 0.6) is 11.5 Å². The van der Waals surface area contributed by atoms with Crippen molar-refractivity contribution in [2.75, 3.05) is 0 Å². The first-order valence-corrected chi connectivity index (χ1v) is 7.13. The summed E-state index contributed by atoms with van der Waals surface area (Å²) in [4.78, 5) is 10.6. The van der Waals surface area contributed by atoms with Gasteiger partial charge in [-0.2, -0.15) is 0 Å². The van der Waals surface area contributed by atoms with Gasteiger partial charge in [0.05, 0.1) is 10.5 Å². The molecule has 0 unspecified atom stereocenters. The largest absolute Gasteiger partial charge is 0.504 e. The first-order valence-electron chi connectivity index (χ1n) is 7.13. The van der Waals surface area contributed by atoms with E-state index in [2.05, 4.69) is 0 Å². The minimum atomic E-state index is -0.893. The molecule has 0 radical (unpaired) electrons. The SMILES string of the molecule is O=[N+]([O-])c1c(O)c(O)cc(-c2ccc(F)cc2)c1-c1ccc(F)cc1. The van der Waals surface area contributed by atoms with E-state index in [0.29, 0.717) is 5.56 Å². The molecular weight excluding hydrogens is 332 g/mol. The van der Waals surface area contributed by atoms with Gasteiger partial charge >= 0.3 is 5.69 Å². The highest BCUT2D eigenvalue weighted by Crippen LogP contribution is 2.48. The fourth-order valence-corrected chi connectivity index (χ4v) is 2.59. The minimum absolute atomic E-state index is 0.00749. The van der Waals surface area contributed by atoms with Crippen LogP contribution in [0, 0.1) is 21.7 Å². The number of nitro groups is 1. The van der Waals surface area contributed by atoms with E-state index in [9.17, 15) is 29.1 Å². The Morgan fingerprint density at radius 2 is 1.32 bits per heavy atom. The summed E-state index contributed by atoms with van der Waals surface area (Å²) in [7, 11) is 0. The number of aromatic hydroxyl groups is 2. The van der Waals surface area contributed by atoms with E-state index in [1.807, 2.05) is 0 Å². The van der Waals surface area contributed by atoms with Crippen LogP contribution in [0.1, 0.15) is 0 Å². The van der Waals surface area contributed by atoms with Crippen molar-refractivity contribution in [3.05, 3.63) is 76.3 Å². The molecule has 0 atom stereocenters. The van der Waals surface area contributed by atoms with Crippen molar-refractivity contribution >= 4 is 5.69 Å². The van der Waals surface area contributed by atoms with Crippen LogP contribution in [-0.2, 0) is 0 Å². The number of phenolic OH excluding ortho intramolecular Hbond substituents is 2. The molecule has 0 bridgehead atoms. The van der Waals surface area contributed by atoms with Crippen LogP contribution < -0.4 is 0 Å². The molecule has 3 aromatic carbocycles. The van der Waals surface area contributed by atoms with Gasteiger partial charge < -0.3 is 10.2 Å². The normalized spacial score (nSPS) is 10.6. The first kappa shape index (κ1) is 16.4. The van der Waals surface area contributed by atoms with Gasteiger partial charge in [0, 0.05) is 5.56 Å². The van der Waals surface area contributed by atoms with Crippen molar-refractivity contribution in [1.82, 2.24) is 0 Å². The summed E-state index contributed by atoms with van der Waals surface area (Å²) in [5.74, 6) is -2.60. The maximum atomic E-state index is 13.2. The zero-order chi connectivity index (χ0) is 18.1. The minimum Gasteiger partial charge on any atom is -0.504 e. The van der Waals surface area contributed by atoms with E-state index in [1.165, 1.54) is 36.4 Å². The molecule has 0 aliphatic heterocycles. The maximum absolute atomic E-state index is 13.2. The molecule has 0 saturated carbocycles. The standard InChI is InChI=1S/C18H11F2NO4/c19-12-5-1-10(2-6-12)14-9-15(22)18(23)17(21(24)25)16(14)11-3-7-13(20)8-4-11/h1-9,22-23H. The van der Waals surface area contributed by atoms with Crippen molar-refractivity contribution in [3.63, 3.8) is 0 Å². The summed E-state index contributed by atoms with van der Waals surface area (Å²) in [6.07, 6.45) is 0. The molecule has 0 saturated heterocycles. The summed E-state index contributed by atoms with van der Waals surface area (Å²) >= 11 is 0. The van der Waals surface area contributed by atoms with E-state index in [4.69, 9.17) is 0 Å². The zero-order valence-corrected chi connectivity index (χ0v) is 12.6. The van der Waals surface area contributed by atoms with E-state index in [-0.39, 0.29) is 16.7 Å². The molecule has 25 heavy (non-hydrogen) atoms. The van der Waals surface area contributed by atoms with Crippen LogP contribution in [0.15, 0.2) is 54.6 Å². The molecule has 0 aliphatic rings. The number of nitrogens with zero attached hydrogens (tertiary/aromatic N) is 1. The molecule has 2 N–H and O–H groups in total. The fourth-order valence-electron chi connectivity index (χ4n) is 2.59. The van der Waals surface area contributed by atoms with Crippen molar-refractivity contribution in [2.45, 2.75) is 0 Å². The Bertz CT molecular complexity index is 954. The van der Waals surface area contributed by atoms with Crippen LogP contribution in [0.3, 0.4) is 0 Å². The van der Waals surface area contributed by atoms with Crippen molar-refractivity contribution < 1.29 is 23.9 Å². The number of nitro benzene ring substituents is 1. The van der Waals surface area contributed by atoms with Crippen molar-refractivity contribution in [2.24, 2.45) is 0 Å². The first-order chi connectivity index (χ1) is 11.9. The number of rotatable bonds is 3. The lowest BCUT2D eigenvalue weighted by atomic mass is 9.92. The van der Waals surface area contributed by atoms with Crippen LogP contribution >= 0.6 is 0 Å². The van der Waals surface area contributed by atoms with Gasteiger partial charge in [-0.25, -0.2) is 8.78 Å². The molecule has 0 aliphatic carbocycles. The highest BCUT2D eigenvalue weighted by molar-refractivity contribution is 5.93. The predicted octanol–water partition coefficient (Wildman–Crippen LogP) is 4.62. The lowest BCUT2D eigenvalue weighted by Gasteiger charge is -2.13. The third-order valence-corrected chi connectivity index (χ3v) is 3.72. The average Bonchev–Trinajstić information content (AvgIpc) is 2.58. The Kier molecular flexibility index (Phi) is 4.06. The number of hydrogen-bond donors (Lipinski definition) is 2. The van der Waals surface area contributed by atoms with E-state index >= 15 is 0 Å². The molecular formula is C18H11F2NO4. The molecule has 3 rings (SSSR count). The average molecular weight is 343 g/mol. The molecule has 7 heteroatoms. The Morgan fingerprint density at radius 3 is 1.80 bits per heavy atom. The van der Waals surface area contributed by atoms with Gasteiger partial charge in [-0.15, -0.1) is 0 Å². The topological polar surface area (TPSA) is 83.6 Å². The third-order valence-electron chi connectivity index (χ3n) is 3.72. The smallest absolute Gasteiger partial charge is 0.323 e. The van der Waals surface area contributed by atoms with Crippen LogP contribution in [-0.4, -0.2) is 15.1 Å². The van der Waals surface area contributed by atoms with E-state index in [0.717, 1.165) is 18.2 Å². The third kappa shape index (κ3) is 2.99. The van der Waals surface area contributed by atoms with E-state index in [1.54, 1.807) is 0 Å². The van der Waals surface area contributed by atoms with Crippen LogP contribution in [0.25, 0.3) is 22.3 Å². The van der Waals surface area contributed by atoms with Gasteiger partial charge in [0.1, 0.15) is 11.6 Å². The molecule has 0 fully saturated rings. The summed E-state index contributed by atoms with van der Waals surface area (Å²) < 4.78 is 26.4. The summed E-state index contributed by atoms with van der Waals surface area (Å²) in [6.45, 7) is 0. The molecule has 0 amide bonds. The van der Waals surface area contributed by atoms with Gasteiger partial charge in [0.2, 0.25) is 5.75 Å². The second-order valence-corrected chi connectivity index (χ2v) is 5.29. The molecule has 5 nitrogen and oxygen atoms in total. The molecule has 0 aromatic heterocycles. The highest BCUT2D eigenvalue weighted by Gasteiger charge is 2.28. The lowest BCUT2D eigenvalue weighted by molar-refractivity contribution is -0.385. The molecule has 126 valence electrons. The summed E-state index contributed by atoms with van der Waals surface area (Å²) in [6, 6.07) is 11.1. The lowest BCUT2D eigenvalue weighted by Crippen LogP contribution is -1.96. The Balaban J connectivity index is 2.39. The number of halogens is 2. The monoisotopic (exact) mass is 343 g/mol. The molecule has 0 spiro atoms. The summed E-state index contributed by atoms with van der Waals surface area (Å²) in [5.41, 5.74) is 0.133. The second-order valence-electron chi connectivity index (χ2n) is 5.29. The maximum Gasteiger partial charge on any atom is 0.323 e. The van der Waals surface area contributed by atoms with Crippen LogP contribution in [0.2, 0.25) is 0 Å². The highest BCUT2D eigenvalue weighted by atomic mass is 19.1. The fraction of sp³-hybridized carbons (Fsp3) is 0. The van der Waals surface area contributed by atoms with Gasteiger partial charge in [0.25, 0.3) is 0 Å². The number of hydrogen-bond acceptors (Lipinski definition) is 4. The molecule has 0 heterocycles. The Hall–Kier alpha value is -3.48. The van der Waals surface area contributed by atoms with Crippen molar-refractivity contribution in [1.29, 1.82) is 0 Å². The second kappa shape index (κ2) is 6.20. The van der Waals surface area contributed by atoms with Crippen LogP contribution in [0.4, 0.5) is 14.5 Å². The Labute approximate surface area is 140 Å². The number of phenols is 2. The molecule has 3 aromatic rings.